The lowest BCUT2D eigenvalue weighted by molar-refractivity contribution is 0.0697. The number of piperazine rings is 1. The second-order valence-electron chi connectivity index (χ2n) is 7.83. The number of ether oxygens (including phenoxy) is 2. The van der Waals surface area contributed by atoms with Crippen molar-refractivity contribution in [3.63, 3.8) is 0 Å². The number of sulfonamides is 1. The van der Waals surface area contributed by atoms with Crippen LogP contribution in [0.1, 0.15) is 27.0 Å². The predicted molar refractivity (Wildman–Crippen MR) is 124 cm³/mol. The van der Waals surface area contributed by atoms with Crippen LogP contribution in [-0.4, -0.2) is 63.9 Å². The second-order valence-corrected chi connectivity index (χ2v) is 9.74. The molecule has 1 aliphatic heterocycles. The highest BCUT2D eigenvalue weighted by Crippen LogP contribution is 2.34. The average molecular weight is 459 g/mol. The number of aryl methyl sites for hydroxylation is 2. The van der Waals surface area contributed by atoms with E-state index in [-0.39, 0.29) is 19.0 Å². The zero-order chi connectivity index (χ0) is 23.5. The molecule has 2 aromatic carbocycles. The Kier molecular flexibility index (Phi) is 7.26. The van der Waals surface area contributed by atoms with Crippen molar-refractivity contribution in [2.45, 2.75) is 25.2 Å². The molecule has 0 bridgehead atoms. The van der Waals surface area contributed by atoms with Crippen LogP contribution in [0.25, 0.3) is 0 Å². The van der Waals surface area contributed by atoms with Gasteiger partial charge in [0.25, 0.3) is 5.91 Å². The highest BCUT2D eigenvalue weighted by atomic mass is 32.2. The lowest BCUT2D eigenvalue weighted by Crippen LogP contribution is -2.50. The molecule has 172 valence electrons. The summed E-state index contributed by atoms with van der Waals surface area (Å²) < 4.78 is 38.6. The number of benzene rings is 2. The molecule has 1 heterocycles. The topological polar surface area (TPSA) is 76.2 Å². The standard InChI is InChI=1S/C24H30N2O5S/c1-6-7-19-15-20(16-21(30-4)23(19)31-5)24(27)25-10-12-26(13-11-25)32(28,29)22-14-17(2)8-9-18(22)3/h6,8-9,14-16H,1,7,10-13H2,2-5H3. The molecule has 2 aromatic rings. The molecule has 0 atom stereocenters. The van der Waals surface area contributed by atoms with Crippen molar-refractivity contribution in [2.75, 3.05) is 40.4 Å². The van der Waals surface area contributed by atoms with E-state index < -0.39 is 10.0 Å². The van der Waals surface area contributed by atoms with Gasteiger partial charge in [-0.3, -0.25) is 4.79 Å². The first kappa shape index (κ1) is 23.8. The smallest absolute Gasteiger partial charge is 0.254 e. The van der Waals surface area contributed by atoms with Gasteiger partial charge in [-0.05, 0) is 49.6 Å². The van der Waals surface area contributed by atoms with E-state index in [1.807, 2.05) is 19.1 Å². The number of methoxy groups -OCH3 is 2. The highest BCUT2D eigenvalue weighted by molar-refractivity contribution is 7.89. The number of nitrogens with zero attached hydrogens (tertiary/aromatic N) is 2. The molecule has 1 fully saturated rings. The Morgan fingerprint density at radius 2 is 1.75 bits per heavy atom. The molecule has 0 aliphatic carbocycles. The monoisotopic (exact) mass is 458 g/mol. The minimum absolute atomic E-state index is 0.167. The van der Waals surface area contributed by atoms with Crippen LogP contribution < -0.4 is 9.47 Å². The molecule has 0 N–H and O–H groups in total. The number of carbonyl (C=O) groups excluding carboxylic acids is 1. The summed E-state index contributed by atoms with van der Waals surface area (Å²) in [5, 5.41) is 0. The SMILES string of the molecule is C=CCc1cc(C(=O)N2CCN(S(=O)(=O)c3cc(C)ccc3C)CC2)cc(OC)c1OC. The Morgan fingerprint density at radius 3 is 2.34 bits per heavy atom. The Morgan fingerprint density at radius 1 is 1.06 bits per heavy atom. The molecule has 3 rings (SSSR count). The van der Waals surface area contributed by atoms with Gasteiger partial charge in [0.1, 0.15) is 0 Å². The summed E-state index contributed by atoms with van der Waals surface area (Å²) in [5.41, 5.74) is 2.90. The number of rotatable bonds is 7. The predicted octanol–water partition coefficient (Wildman–Crippen LogP) is 3.20. The third-order valence-corrected chi connectivity index (χ3v) is 7.69. The minimum Gasteiger partial charge on any atom is -0.493 e. The van der Waals surface area contributed by atoms with E-state index in [2.05, 4.69) is 6.58 Å². The summed E-state index contributed by atoms with van der Waals surface area (Å²) in [7, 11) is -0.529. The van der Waals surface area contributed by atoms with E-state index in [0.717, 1.165) is 11.1 Å². The molecule has 1 aliphatic rings. The van der Waals surface area contributed by atoms with Crippen molar-refractivity contribution >= 4 is 15.9 Å². The Bertz CT molecular complexity index is 1120. The highest BCUT2D eigenvalue weighted by Gasteiger charge is 2.32. The van der Waals surface area contributed by atoms with E-state index in [0.29, 0.717) is 47.0 Å². The van der Waals surface area contributed by atoms with Crippen molar-refractivity contribution < 1.29 is 22.7 Å². The van der Waals surface area contributed by atoms with Crippen LogP contribution in [0.15, 0.2) is 47.9 Å². The van der Waals surface area contributed by atoms with Crippen LogP contribution in [0.4, 0.5) is 0 Å². The fraction of sp³-hybridized carbons (Fsp3) is 0.375. The van der Waals surface area contributed by atoms with Gasteiger partial charge in [-0.2, -0.15) is 4.31 Å². The van der Waals surface area contributed by atoms with Crippen LogP contribution in [0.5, 0.6) is 11.5 Å². The van der Waals surface area contributed by atoms with Crippen LogP contribution in [0, 0.1) is 13.8 Å². The first-order valence-electron chi connectivity index (χ1n) is 10.5. The maximum Gasteiger partial charge on any atom is 0.254 e. The largest absolute Gasteiger partial charge is 0.493 e. The third kappa shape index (κ3) is 4.66. The molecule has 32 heavy (non-hydrogen) atoms. The van der Waals surface area contributed by atoms with Gasteiger partial charge in [0.2, 0.25) is 10.0 Å². The molecule has 0 unspecified atom stereocenters. The molecule has 0 saturated carbocycles. The molecule has 7 nitrogen and oxygen atoms in total. The van der Waals surface area contributed by atoms with E-state index in [1.165, 1.54) is 11.4 Å². The van der Waals surface area contributed by atoms with E-state index in [1.54, 1.807) is 43.2 Å². The number of amides is 1. The lowest BCUT2D eigenvalue weighted by Gasteiger charge is -2.34. The average Bonchev–Trinajstić information content (AvgIpc) is 2.79. The molecule has 8 heteroatoms. The van der Waals surface area contributed by atoms with Gasteiger partial charge in [-0.1, -0.05) is 18.2 Å². The molecule has 1 amide bonds. The van der Waals surface area contributed by atoms with Gasteiger partial charge < -0.3 is 14.4 Å². The summed E-state index contributed by atoms with van der Waals surface area (Å²) in [6, 6.07) is 8.86. The Labute approximate surface area is 190 Å². The Hall–Kier alpha value is -2.84. The summed E-state index contributed by atoms with van der Waals surface area (Å²) >= 11 is 0. The van der Waals surface area contributed by atoms with Crippen molar-refractivity contribution in [1.82, 2.24) is 9.21 Å². The van der Waals surface area contributed by atoms with Gasteiger partial charge in [0.15, 0.2) is 11.5 Å². The number of hydrogen-bond donors (Lipinski definition) is 0. The normalized spacial score (nSPS) is 14.8. The second kappa shape index (κ2) is 9.75. The summed E-state index contributed by atoms with van der Waals surface area (Å²) in [4.78, 5) is 15.2. The summed E-state index contributed by atoms with van der Waals surface area (Å²) in [6.07, 6.45) is 2.27. The van der Waals surface area contributed by atoms with E-state index >= 15 is 0 Å². The minimum atomic E-state index is -3.61. The van der Waals surface area contributed by atoms with Gasteiger partial charge in [-0.15, -0.1) is 6.58 Å². The maximum absolute atomic E-state index is 13.2. The van der Waals surface area contributed by atoms with Gasteiger partial charge in [0, 0.05) is 37.3 Å². The third-order valence-electron chi connectivity index (χ3n) is 5.65. The quantitative estimate of drug-likeness (QED) is 0.596. The summed E-state index contributed by atoms with van der Waals surface area (Å²) in [6.45, 7) is 8.55. The van der Waals surface area contributed by atoms with Crippen LogP contribution in [0.3, 0.4) is 0 Å². The number of hydrogen-bond acceptors (Lipinski definition) is 5. The fourth-order valence-corrected chi connectivity index (χ4v) is 5.64. The zero-order valence-corrected chi connectivity index (χ0v) is 19.9. The molecular weight excluding hydrogens is 428 g/mol. The van der Waals surface area contributed by atoms with Gasteiger partial charge in [0.05, 0.1) is 19.1 Å². The molecular formula is C24H30N2O5S. The first-order chi connectivity index (χ1) is 15.2. The molecule has 0 aromatic heterocycles. The fourth-order valence-electron chi connectivity index (χ4n) is 3.91. The number of carbonyl (C=O) groups is 1. The van der Waals surface area contributed by atoms with Gasteiger partial charge >= 0.3 is 0 Å². The lowest BCUT2D eigenvalue weighted by atomic mass is 10.0. The molecule has 0 spiro atoms. The van der Waals surface area contributed by atoms with E-state index in [9.17, 15) is 13.2 Å². The Balaban J connectivity index is 1.79. The van der Waals surface area contributed by atoms with Crippen LogP contribution in [0.2, 0.25) is 0 Å². The van der Waals surface area contributed by atoms with Gasteiger partial charge in [-0.25, -0.2) is 8.42 Å². The molecule has 0 radical (unpaired) electrons. The zero-order valence-electron chi connectivity index (χ0n) is 19.1. The van der Waals surface area contributed by atoms with Crippen molar-refractivity contribution in [2.24, 2.45) is 0 Å². The first-order valence-corrected chi connectivity index (χ1v) is 11.9. The maximum atomic E-state index is 13.2. The summed E-state index contributed by atoms with van der Waals surface area (Å²) in [5.74, 6) is 0.889. The van der Waals surface area contributed by atoms with Crippen LogP contribution >= 0.6 is 0 Å². The van der Waals surface area contributed by atoms with Crippen molar-refractivity contribution in [1.29, 1.82) is 0 Å². The van der Waals surface area contributed by atoms with E-state index in [4.69, 9.17) is 9.47 Å². The van der Waals surface area contributed by atoms with Crippen molar-refractivity contribution in [3.05, 3.63) is 65.2 Å². The number of allylic oxidation sites excluding steroid dienone is 1. The van der Waals surface area contributed by atoms with Crippen molar-refractivity contribution in [3.8, 4) is 11.5 Å². The molecule has 1 saturated heterocycles. The van der Waals surface area contributed by atoms with Crippen LogP contribution in [-0.2, 0) is 16.4 Å².